The van der Waals surface area contributed by atoms with E-state index in [1.165, 1.54) is 12.4 Å². The molecule has 3 N–H and O–H groups in total. The van der Waals surface area contributed by atoms with Gasteiger partial charge in [-0.1, -0.05) is 25.1 Å². The topological polar surface area (TPSA) is 117 Å². The van der Waals surface area contributed by atoms with Crippen LogP contribution >= 0.6 is 0 Å². The Morgan fingerprint density at radius 2 is 1.68 bits per heavy atom. The Kier molecular flexibility index (Phi) is 5.21. The molecule has 3 rings (SSSR count). The molecule has 144 valence electrons. The van der Waals surface area contributed by atoms with E-state index in [-0.39, 0.29) is 6.42 Å². The van der Waals surface area contributed by atoms with Gasteiger partial charge in [-0.05, 0) is 42.7 Å². The van der Waals surface area contributed by atoms with Crippen LogP contribution in [0.2, 0.25) is 0 Å². The fourth-order valence-electron chi connectivity index (χ4n) is 3.43. The van der Waals surface area contributed by atoms with E-state index in [2.05, 4.69) is 20.9 Å². The largest absolute Gasteiger partial charge is 0.344 e. The fraction of sp³-hybridized carbons (Fsp3) is 0.250. The second-order valence-electron chi connectivity index (χ2n) is 6.56. The third-order valence-corrected chi connectivity index (χ3v) is 5.02. The van der Waals surface area contributed by atoms with Crippen molar-refractivity contribution < 1.29 is 19.2 Å². The molecule has 8 heteroatoms. The van der Waals surface area contributed by atoms with Gasteiger partial charge in [-0.2, -0.15) is 0 Å². The zero-order valence-corrected chi connectivity index (χ0v) is 15.5. The van der Waals surface area contributed by atoms with Gasteiger partial charge in [0.25, 0.3) is 5.91 Å². The molecule has 0 bridgehead atoms. The highest BCUT2D eigenvalue weighted by Gasteiger charge is 2.55. The van der Waals surface area contributed by atoms with Gasteiger partial charge in [0.15, 0.2) is 5.41 Å². The van der Waals surface area contributed by atoms with Gasteiger partial charge in [0, 0.05) is 18.0 Å². The van der Waals surface area contributed by atoms with Gasteiger partial charge in [0.1, 0.15) is 0 Å². The van der Waals surface area contributed by atoms with Crippen molar-refractivity contribution in [2.75, 3.05) is 0 Å². The molecule has 1 aliphatic rings. The number of pyridine rings is 1. The van der Waals surface area contributed by atoms with E-state index in [0.717, 1.165) is 5.56 Å². The van der Waals surface area contributed by atoms with Crippen LogP contribution < -0.4 is 16.0 Å². The van der Waals surface area contributed by atoms with Gasteiger partial charge in [-0.15, -0.1) is 0 Å². The number of imide groups is 2. The van der Waals surface area contributed by atoms with Gasteiger partial charge in [-0.3, -0.25) is 30.0 Å². The molecule has 1 fully saturated rings. The molecule has 1 unspecified atom stereocenters. The third-order valence-electron chi connectivity index (χ3n) is 5.02. The second kappa shape index (κ2) is 7.59. The first-order valence-corrected chi connectivity index (χ1v) is 8.83. The molecule has 8 nitrogen and oxygen atoms in total. The standard InChI is InChI=1S/C20H20N4O4/c1-3-20(17(26)23-19(28)24-18(20)27)15(13-8-10-21-11-9-13)22-16(25)14-7-5-4-6-12(14)2/h4-11,15H,3H2,1-2H3,(H,22,25)(H2,23,24,26,27,28). The average molecular weight is 380 g/mol. The zero-order valence-electron chi connectivity index (χ0n) is 15.5. The molecule has 0 aliphatic carbocycles. The van der Waals surface area contributed by atoms with Gasteiger partial charge >= 0.3 is 6.03 Å². The van der Waals surface area contributed by atoms with Crippen molar-refractivity contribution in [3.05, 3.63) is 65.5 Å². The number of carbonyl (C=O) groups is 4. The number of hydrogen-bond acceptors (Lipinski definition) is 5. The maximum absolute atomic E-state index is 13.0. The normalized spacial score (nSPS) is 16.7. The Balaban J connectivity index is 2.08. The predicted octanol–water partition coefficient (Wildman–Crippen LogP) is 1.62. The van der Waals surface area contributed by atoms with E-state index in [1.807, 2.05) is 6.07 Å². The smallest absolute Gasteiger partial charge is 0.328 e. The highest BCUT2D eigenvalue weighted by Crippen LogP contribution is 2.39. The van der Waals surface area contributed by atoms with Crippen molar-refractivity contribution in [1.29, 1.82) is 0 Å². The highest BCUT2D eigenvalue weighted by atomic mass is 16.2. The molecule has 2 aromatic rings. The minimum absolute atomic E-state index is 0.0684. The number of benzene rings is 1. The van der Waals surface area contributed by atoms with Gasteiger partial charge in [0.05, 0.1) is 6.04 Å². The summed E-state index contributed by atoms with van der Waals surface area (Å²) >= 11 is 0. The molecule has 1 aromatic carbocycles. The maximum Gasteiger partial charge on any atom is 0.328 e. The number of nitrogens with one attached hydrogen (secondary N) is 3. The van der Waals surface area contributed by atoms with Crippen molar-refractivity contribution in [3.8, 4) is 0 Å². The summed E-state index contributed by atoms with van der Waals surface area (Å²) in [5.41, 5.74) is 0.0267. The zero-order chi connectivity index (χ0) is 20.3. The minimum atomic E-state index is -1.69. The van der Waals surface area contributed by atoms with Crippen LogP contribution in [0.15, 0.2) is 48.8 Å². The van der Waals surface area contributed by atoms with E-state index >= 15 is 0 Å². The highest BCUT2D eigenvalue weighted by molar-refractivity contribution is 6.20. The van der Waals surface area contributed by atoms with E-state index in [9.17, 15) is 19.2 Å². The Morgan fingerprint density at radius 1 is 1.07 bits per heavy atom. The summed E-state index contributed by atoms with van der Waals surface area (Å²) in [5.74, 6) is -1.93. The lowest BCUT2D eigenvalue weighted by Gasteiger charge is -2.39. The Morgan fingerprint density at radius 3 is 2.25 bits per heavy atom. The first-order valence-electron chi connectivity index (χ1n) is 8.83. The van der Waals surface area contributed by atoms with E-state index in [4.69, 9.17) is 0 Å². The number of barbiturate groups is 1. The number of aryl methyl sites for hydroxylation is 1. The lowest BCUT2D eigenvalue weighted by Crippen LogP contribution is -2.66. The summed E-state index contributed by atoms with van der Waals surface area (Å²) in [6, 6.07) is 8.38. The van der Waals surface area contributed by atoms with E-state index in [0.29, 0.717) is 11.1 Å². The van der Waals surface area contributed by atoms with Crippen LogP contribution in [-0.2, 0) is 9.59 Å². The average Bonchev–Trinajstić information content (AvgIpc) is 2.68. The fourth-order valence-corrected chi connectivity index (χ4v) is 3.43. The van der Waals surface area contributed by atoms with Crippen LogP contribution in [0, 0.1) is 12.3 Å². The summed E-state index contributed by atoms with van der Waals surface area (Å²) in [5, 5.41) is 7.13. The number of rotatable bonds is 5. The number of carbonyl (C=O) groups excluding carboxylic acids is 4. The SMILES string of the molecule is CCC1(C(NC(=O)c2ccccc2C)c2ccncc2)C(=O)NC(=O)NC1=O. The Hall–Kier alpha value is -3.55. The quantitative estimate of drug-likeness (QED) is 0.682. The predicted molar refractivity (Wildman–Crippen MR) is 100 cm³/mol. The van der Waals surface area contributed by atoms with Crippen LogP contribution in [0.1, 0.15) is 40.9 Å². The molecule has 1 atom stereocenters. The monoisotopic (exact) mass is 380 g/mol. The van der Waals surface area contributed by atoms with Gasteiger partial charge in [0.2, 0.25) is 11.8 Å². The van der Waals surface area contributed by atoms with Crippen LogP contribution in [-0.4, -0.2) is 28.7 Å². The van der Waals surface area contributed by atoms with E-state index in [1.54, 1.807) is 44.2 Å². The summed E-state index contributed by atoms with van der Waals surface area (Å²) in [4.78, 5) is 54.1. The molecule has 1 saturated heterocycles. The molecule has 2 heterocycles. The summed E-state index contributed by atoms with van der Waals surface area (Å²) < 4.78 is 0. The first-order chi connectivity index (χ1) is 13.4. The molecule has 1 aromatic heterocycles. The van der Waals surface area contributed by atoms with Crippen LogP contribution in [0.25, 0.3) is 0 Å². The molecule has 0 radical (unpaired) electrons. The van der Waals surface area contributed by atoms with Gasteiger partial charge < -0.3 is 5.32 Å². The third kappa shape index (κ3) is 3.24. The number of hydrogen-bond donors (Lipinski definition) is 3. The number of urea groups is 1. The van der Waals surface area contributed by atoms with Gasteiger partial charge in [-0.25, -0.2) is 4.79 Å². The molecular formula is C20H20N4O4. The van der Waals surface area contributed by atoms with Crippen LogP contribution in [0.5, 0.6) is 0 Å². The van der Waals surface area contributed by atoms with Crippen LogP contribution in [0.3, 0.4) is 0 Å². The van der Waals surface area contributed by atoms with Crippen molar-refractivity contribution in [2.24, 2.45) is 5.41 Å². The number of aromatic nitrogens is 1. The lowest BCUT2D eigenvalue weighted by molar-refractivity contribution is -0.147. The summed E-state index contributed by atoms with van der Waals surface area (Å²) in [7, 11) is 0. The molecule has 5 amide bonds. The molecular weight excluding hydrogens is 360 g/mol. The van der Waals surface area contributed by atoms with Crippen molar-refractivity contribution in [1.82, 2.24) is 20.9 Å². The van der Waals surface area contributed by atoms with E-state index < -0.39 is 35.2 Å². The maximum atomic E-state index is 13.0. The Bertz CT molecular complexity index is 922. The summed E-state index contributed by atoms with van der Waals surface area (Å²) in [6.45, 7) is 3.45. The minimum Gasteiger partial charge on any atom is -0.344 e. The molecule has 0 spiro atoms. The van der Waals surface area contributed by atoms with Crippen molar-refractivity contribution >= 4 is 23.8 Å². The molecule has 0 saturated carbocycles. The van der Waals surface area contributed by atoms with Crippen molar-refractivity contribution in [2.45, 2.75) is 26.3 Å². The molecule has 28 heavy (non-hydrogen) atoms. The number of nitrogens with zero attached hydrogens (tertiary/aromatic N) is 1. The number of amides is 5. The second-order valence-corrected chi connectivity index (χ2v) is 6.56. The lowest BCUT2D eigenvalue weighted by atomic mass is 9.72. The Labute approximate surface area is 161 Å². The van der Waals surface area contributed by atoms with Crippen molar-refractivity contribution in [3.63, 3.8) is 0 Å². The van der Waals surface area contributed by atoms with Crippen LogP contribution in [0.4, 0.5) is 4.79 Å². The summed E-state index contributed by atoms with van der Waals surface area (Å²) in [6.07, 6.45) is 3.09. The first kappa shape index (κ1) is 19.2. The molecule has 1 aliphatic heterocycles.